The summed E-state index contributed by atoms with van der Waals surface area (Å²) in [5.41, 5.74) is 2.21. The molecule has 0 aliphatic heterocycles. The maximum Gasteiger partial charge on any atom is 0.0514 e. The van der Waals surface area contributed by atoms with E-state index in [1.54, 1.807) is 0 Å². The van der Waals surface area contributed by atoms with Gasteiger partial charge >= 0.3 is 0 Å². The fourth-order valence-corrected chi connectivity index (χ4v) is 1.97. The van der Waals surface area contributed by atoms with Crippen molar-refractivity contribution < 1.29 is 0 Å². The molecule has 3 heteroatoms. The number of halogens is 1. The van der Waals surface area contributed by atoms with E-state index in [0.717, 1.165) is 0 Å². The third kappa shape index (κ3) is 1.91. The van der Waals surface area contributed by atoms with E-state index >= 15 is 0 Å². The quantitative estimate of drug-likeness (QED) is 0.681. The average molecular weight is 202 g/mol. The number of hydrogen-bond acceptors (Lipinski definition) is 1. The van der Waals surface area contributed by atoms with E-state index in [2.05, 4.69) is 39.1 Å². The summed E-state index contributed by atoms with van der Waals surface area (Å²) in [4.78, 5) is 0. The predicted octanol–water partition coefficient (Wildman–Crippen LogP) is 1.56. The zero-order valence-corrected chi connectivity index (χ0v) is 7.93. The Morgan fingerprint density at radius 1 is 1.56 bits per heavy atom. The van der Waals surface area contributed by atoms with Crippen LogP contribution in [0, 0.1) is 0 Å². The molecule has 1 aromatic rings. The Bertz CT molecular complexity index is 185. The van der Waals surface area contributed by atoms with E-state index < -0.39 is 0 Å². The SMILES string of the molecule is CNc1ccc(Br)c[siH]1. The Balaban J connectivity index is 2.88. The first-order valence-corrected chi connectivity index (χ1v) is 4.80. The Morgan fingerprint density at radius 3 is 2.78 bits per heavy atom. The molecule has 0 amide bonds. The van der Waals surface area contributed by atoms with Crippen LogP contribution in [-0.4, -0.2) is 16.2 Å². The van der Waals surface area contributed by atoms with Gasteiger partial charge in [0.1, 0.15) is 0 Å². The second kappa shape index (κ2) is 3.13. The third-order valence-electron chi connectivity index (χ3n) is 1.13. The topological polar surface area (TPSA) is 12.0 Å². The van der Waals surface area contributed by atoms with E-state index in [0.29, 0.717) is 9.12 Å². The molecule has 0 bridgehead atoms. The van der Waals surface area contributed by atoms with Crippen molar-refractivity contribution in [3.05, 3.63) is 22.3 Å². The van der Waals surface area contributed by atoms with Crippen molar-refractivity contribution in [2.24, 2.45) is 0 Å². The number of hydrogen-bond donors (Lipinski definition) is 1. The zero-order valence-electron chi connectivity index (χ0n) is 5.19. The van der Waals surface area contributed by atoms with Gasteiger partial charge in [-0.1, -0.05) is 21.6 Å². The van der Waals surface area contributed by atoms with E-state index in [4.69, 9.17) is 0 Å². The van der Waals surface area contributed by atoms with Crippen molar-refractivity contribution in [1.29, 1.82) is 0 Å². The molecule has 9 heavy (non-hydrogen) atoms. The number of anilines is 1. The van der Waals surface area contributed by atoms with E-state index in [1.165, 1.54) is 9.77 Å². The van der Waals surface area contributed by atoms with Crippen molar-refractivity contribution in [2.75, 3.05) is 12.4 Å². The van der Waals surface area contributed by atoms with Crippen LogP contribution in [0.15, 0.2) is 22.3 Å². The summed E-state index contributed by atoms with van der Waals surface area (Å²) in [6.45, 7) is 0. The average Bonchev–Trinajstić information content (AvgIpc) is 1.90. The summed E-state index contributed by atoms with van der Waals surface area (Å²) in [6.07, 6.45) is 0. The van der Waals surface area contributed by atoms with Crippen molar-refractivity contribution in [3.63, 3.8) is 0 Å². The summed E-state index contributed by atoms with van der Waals surface area (Å²) in [6, 6.07) is 4.17. The van der Waals surface area contributed by atoms with Gasteiger partial charge < -0.3 is 5.32 Å². The van der Waals surface area contributed by atoms with Crippen LogP contribution in [0.3, 0.4) is 0 Å². The largest absolute Gasteiger partial charge is 0.392 e. The molecule has 0 fully saturated rings. The minimum absolute atomic E-state index is 0.334. The fourth-order valence-electron chi connectivity index (χ4n) is 0.617. The molecule has 0 saturated carbocycles. The molecule has 0 radical (unpaired) electrons. The van der Waals surface area contributed by atoms with Crippen LogP contribution in [0.2, 0.25) is 0 Å². The summed E-state index contributed by atoms with van der Waals surface area (Å²) >= 11 is 3.40. The summed E-state index contributed by atoms with van der Waals surface area (Å²) in [5, 5.41) is 4.47. The molecule has 0 atom stereocenters. The second-order valence-electron chi connectivity index (χ2n) is 1.76. The molecule has 1 N–H and O–H groups in total. The lowest BCUT2D eigenvalue weighted by Gasteiger charge is -1.96. The van der Waals surface area contributed by atoms with Gasteiger partial charge in [-0.3, -0.25) is 0 Å². The molecule has 0 aliphatic carbocycles. The molecule has 0 saturated heterocycles. The lowest BCUT2D eigenvalue weighted by molar-refractivity contribution is 1.57. The van der Waals surface area contributed by atoms with Gasteiger partial charge in [-0.2, -0.15) is 0 Å². The Kier molecular flexibility index (Phi) is 2.42. The van der Waals surface area contributed by atoms with Gasteiger partial charge in [0.15, 0.2) is 0 Å². The first-order chi connectivity index (χ1) is 4.33. The van der Waals surface area contributed by atoms with E-state index in [9.17, 15) is 0 Å². The Morgan fingerprint density at radius 2 is 2.33 bits per heavy atom. The lowest BCUT2D eigenvalue weighted by Crippen LogP contribution is -1.90. The standard InChI is InChI=1S/C6H8BrNSi/c1-8-6-3-2-5(7)4-9-6/h2-4,8-9H,1H3. The van der Waals surface area contributed by atoms with Gasteiger partial charge in [-0.15, -0.1) is 0 Å². The van der Waals surface area contributed by atoms with Crippen LogP contribution < -0.4 is 5.32 Å². The maximum absolute atomic E-state index is 3.40. The molecule has 1 rings (SSSR count). The van der Waals surface area contributed by atoms with Crippen LogP contribution >= 0.6 is 15.9 Å². The molecule has 0 aromatic carbocycles. The van der Waals surface area contributed by atoms with Gasteiger partial charge in [-0.05, 0) is 12.1 Å². The predicted molar refractivity (Wildman–Crippen MR) is 46.4 cm³/mol. The normalized spacial score (nSPS) is 9.11. The van der Waals surface area contributed by atoms with Crippen molar-refractivity contribution in [2.45, 2.75) is 0 Å². The molecule has 48 valence electrons. The monoisotopic (exact) mass is 201 g/mol. The molecular weight excluding hydrogens is 194 g/mol. The minimum atomic E-state index is 0.334. The van der Waals surface area contributed by atoms with Crippen molar-refractivity contribution in [3.8, 4) is 0 Å². The molecule has 1 heterocycles. The molecule has 0 aliphatic rings. The van der Waals surface area contributed by atoms with E-state index in [1.807, 2.05) is 7.05 Å². The van der Waals surface area contributed by atoms with Gasteiger partial charge in [0.25, 0.3) is 0 Å². The first-order valence-electron chi connectivity index (χ1n) is 2.76. The minimum Gasteiger partial charge on any atom is -0.392 e. The van der Waals surface area contributed by atoms with Gasteiger partial charge in [-0.25, -0.2) is 0 Å². The summed E-state index contributed by atoms with van der Waals surface area (Å²) in [7, 11) is 2.29. The molecule has 1 aromatic heterocycles. The number of nitrogens with one attached hydrogen (secondary N) is 1. The second-order valence-corrected chi connectivity index (χ2v) is 3.96. The summed E-state index contributed by atoms with van der Waals surface area (Å²) in [5.74, 6) is 0. The van der Waals surface area contributed by atoms with Gasteiger partial charge in [0.2, 0.25) is 0 Å². The maximum atomic E-state index is 3.40. The van der Waals surface area contributed by atoms with Crippen LogP contribution in [-0.2, 0) is 0 Å². The third-order valence-corrected chi connectivity index (χ3v) is 3.52. The van der Waals surface area contributed by atoms with Crippen LogP contribution in [0.1, 0.15) is 0 Å². The molecule has 1 nitrogen and oxygen atoms in total. The van der Waals surface area contributed by atoms with Crippen LogP contribution in [0.4, 0.5) is 5.30 Å². The van der Waals surface area contributed by atoms with Crippen LogP contribution in [0.5, 0.6) is 0 Å². The first kappa shape index (κ1) is 6.96. The molecular formula is C6H8BrNSi. The lowest BCUT2D eigenvalue weighted by atomic mass is 10.5. The molecule has 0 spiro atoms. The Labute approximate surface area is 65.4 Å². The fraction of sp³-hybridized carbons (Fsp3) is 0.167. The summed E-state index contributed by atoms with van der Waals surface area (Å²) < 4.78 is 1.21. The van der Waals surface area contributed by atoms with Gasteiger partial charge in [0.05, 0.1) is 9.12 Å². The zero-order chi connectivity index (χ0) is 6.69. The number of rotatable bonds is 1. The Hall–Kier alpha value is -0.153. The highest BCUT2D eigenvalue weighted by Gasteiger charge is 1.85. The smallest absolute Gasteiger partial charge is 0.0514 e. The molecule has 0 unspecified atom stereocenters. The van der Waals surface area contributed by atoms with E-state index in [-0.39, 0.29) is 0 Å². The highest BCUT2D eigenvalue weighted by atomic mass is 79.9. The van der Waals surface area contributed by atoms with Crippen LogP contribution in [0.25, 0.3) is 0 Å². The highest BCUT2D eigenvalue weighted by molar-refractivity contribution is 9.10. The van der Waals surface area contributed by atoms with Crippen molar-refractivity contribution in [1.82, 2.24) is 0 Å². The highest BCUT2D eigenvalue weighted by Crippen LogP contribution is 2.08. The van der Waals surface area contributed by atoms with Crippen molar-refractivity contribution >= 4 is 30.3 Å². The van der Waals surface area contributed by atoms with Gasteiger partial charge in [0, 0.05) is 16.8 Å².